The van der Waals surface area contributed by atoms with Crippen LogP contribution in [0, 0.1) is 17.8 Å². The molecule has 0 atom stereocenters. The Morgan fingerprint density at radius 3 is 2.39 bits per heavy atom. The van der Waals surface area contributed by atoms with Crippen molar-refractivity contribution in [1.82, 2.24) is 15.1 Å². The fourth-order valence-electron chi connectivity index (χ4n) is 5.62. The van der Waals surface area contributed by atoms with Gasteiger partial charge in [-0.1, -0.05) is 5.16 Å². The van der Waals surface area contributed by atoms with Gasteiger partial charge in [-0.15, -0.1) is 0 Å². The molecule has 5 heteroatoms. The predicted octanol–water partition coefficient (Wildman–Crippen LogP) is 3.11. The van der Waals surface area contributed by atoms with Crippen molar-refractivity contribution < 1.29 is 4.52 Å². The van der Waals surface area contributed by atoms with Gasteiger partial charge in [0.15, 0.2) is 5.82 Å². The molecule has 0 aromatic carbocycles. The summed E-state index contributed by atoms with van der Waals surface area (Å²) in [6.07, 6.45) is 10.3. The fourth-order valence-corrected chi connectivity index (χ4v) is 5.62. The van der Waals surface area contributed by atoms with Crippen LogP contribution in [0.3, 0.4) is 0 Å². The van der Waals surface area contributed by atoms with Crippen molar-refractivity contribution in [3.05, 3.63) is 35.7 Å². The number of nitrogens with zero attached hydrogens (tertiary/aromatic N) is 3. The van der Waals surface area contributed by atoms with Crippen molar-refractivity contribution in [1.29, 1.82) is 0 Å². The maximum atomic E-state index is 5.68. The molecule has 4 bridgehead atoms. The first kappa shape index (κ1) is 13.5. The Hall–Kier alpha value is -1.91. The minimum Gasteiger partial charge on any atom is -0.397 e. The van der Waals surface area contributed by atoms with Crippen molar-refractivity contribution in [3.63, 3.8) is 0 Å². The SMILES string of the molecule is Nc1ccc(Cc2nc(C34CC5CC(CC(C5)C3)C4)no2)nc1. The van der Waals surface area contributed by atoms with Crippen LogP contribution in [0.4, 0.5) is 5.69 Å². The van der Waals surface area contributed by atoms with Crippen molar-refractivity contribution >= 4 is 5.69 Å². The zero-order valence-corrected chi connectivity index (χ0v) is 13.2. The summed E-state index contributed by atoms with van der Waals surface area (Å²) in [5.74, 6) is 4.31. The molecule has 4 aliphatic carbocycles. The third kappa shape index (κ3) is 2.25. The molecule has 2 aromatic rings. The van der Waals surface area contributed by atoms with Gasteiger partial charge in [-0.3, -0.25) is 4.98 Å². The van der Waals surface area contributed by atoms with E-state index in [4.69, 9.17) is 15.2 Å². The number of nitrogens with two attached hydrogens (primary N) is 1. The van der Waals surface area contributed by atoms with Gasteiger partial charge < -0.3 is 10.3 Å². The van der Waals surface area contributed by atoms with E-state index in [2.05, 4.69) is 10.1 Å². The van der Waals surface area contributed by atoms with Crippen LogP contribution in [0.1, 0.15) is 55.9 Å². The Morgan fingerprint density at radius 1 is 1.09 bits per heavy atom. The van der Waals surface area contributed by atoms with E-state index in [1.165, 1.54) is 38.5 Å². The van der Waals surface area contributed by atoms with Crippen molar-refractivity contribution in [2.24, 2.45) is 17.8 Å². The summed E-state index contributed by atoms with van der Waals surface area (Å²) in [6, 6.07) is 3.78. The van der Waals surface area contributed by atoms with Gasteiger partial charge in [0.2, 0.25) is 5.89 Å². The Labute approximate surface area is 135 Å². The van der Waals surface area contributed by atoms with Crippen LogP contribution < -0.4 is 5.73 Å². The largest absolute Gasteiger partial charge is 0.397 e. The third-order valence-electron chi connectivity index (χ3n) is 6.16. The van der Waals surface area contributed by atoms with Crippen molar-refractivity contribution in [3.8, 4) is 0 Å². The molecular weight excluding hydrogens is 288 g/mol. The number of anilines is 1. The van der Waals surface area contributed by atoms with Gasteiger partial charge in [0, 0.05) is 11.1 Å². The average Bonchev–Trinajstić information content (AvgIpc) is 2.98. The van der Waals surface area contributed by atoms with Gasteiger partial charge in [0.05, 0.1) is 18.3 Å². The molecule has 4 aliphatic rings. The first-order chi connectivity index (χ1) is 11.2. The molecule has 0 radical (unpaired) electrons. The van der Waals surface area contributed by atoms with Crippen molar-refractivity contribution in [2.45, 2.75) is 50.4 Å². The first-order valence-electron chi connectivity index (χ1n) is 8.72. The smallest absolute Gasteiger partial charge is 0.232 e. The summed E-state index contributed by atoms with van der Waals surface area (Å²) in [5.41, 5.74) is 7.47. The normalized spacial score (nSPS) is 34.9. The van der Waals surface area contributed by atoms with Gasteiger partial charge in [-0.2, -0.15) is 4.98 Å². The van der Waals surface area contributed by atoms with Gasteiger partial charge in [-0.05, 0) is 68.4 Å². The maximum Gasteiger partial charge on any atom is 0.232 e. The highest BCUT2D eigenvalue weighted by atomic mass is 16.5. The number of nitrogen functional groups attached to an aromatic ring is 1. The molecule has 0 amide bonds. The maximum absolute atomic E-state index is 5.68. The van der Waals surface area contributed by atoms with Crippen LogP contribution in [0.25, 0.3) is 0 Å². The van der Waals surface area contributed by atoms with Gasteiger partial charge >= 0.3 is 0 Å². The van der Waals surface area contributed by atoms with E-state index in [1.54, 1.807) is 6.20 Å². The molecule has 23 heavy (non-hydrogen) atoms. The summed E-state index contributed by atoms with van der Waals surface area (Å²) in [4.78, 5) is 9.09. The Balaban J connectivity index is 1.40. The monoisotopic (exact) mass is 310 g/mol. The van der Waals surface area contributed by atoms with E-state index in [0.717, 1.165) is 29.3 Å². The number of hydrogen-bond donors (Lipinski definition) is 1. The van der Waals surface area contributed by atoms with Crippen LogP contribution in [0.15, 0.2) is 22.9 Å². The molecule has 6 rings (SSSR count). The molecule has 4 fully saturated rings. The van der Waals surface area contributed by atoms with Gasteiger partial charge in [0.1, 0.15) is 0 Å². The predicted molar refractivity (Wildman–Crippen MR) is 85.6 cm³/mol. The topological polar surface area (TPSA) is 77.8 Å². The molecular formula is C18H22N4O. The zero-order valence-electron chi connectivity index (χ0n) is 13.2. The standard InChI is InChI=1S/C18H22N4O/c19-14-1-2-15(20-10-14)6-16-21-17(22-23-16)18-7-11-3-12(8-18)5-13(4-11)9-18/h1-2,10-13H,3-9,19H2. The molecule has 5 nitrogen and oxygen atoms in total. The molecule has 0 saturated heterocycles. The van der Waals surface area contributed by atoms with E-state index in [-0.39, 0.29) is 5.41 Å². The van der Waals surface area contributed by atoms with E-state index >= 15 is 0 Å². The highest BCUT2D eigenvalue weighted by molar-refractivity contribution is 5.34. The summed E-state index contributed by atoms with van der Waals surface area (Å²) in [5, 5.41) is 4.38. The lowest BCUT2D eigenvalue weighted by molar-refractivity contribution is -0.0103. The van der Waals surface area contributed by atoms with Gasteiger partial charge in [0.25, 0.3) is 0 Å². The minimum atomic E-state index is 0.199. The van der Waals surface area contributed by atoms with E-state index in [9.17, 15) is 0 Å². The molecule has 2 heterocycles. The Morgan fingerprint density at radius 2 is 1.78 bits per heavy atom. The lowest BCUT2D eigenvalue weighted by atomic mass is 9.49. The van der Waals surface area contributed by atoms with Crippen LogP contribution in [0.2, 0.25) is 0 Å². The summed E-state index contributed by atoms with van der Waals surface area (Å²) < 4.78 is 5.56. The third-order valence-corrected chi connectivity index (χ3v) is 6.16. The molecule has 4 saturated carbocycles. The van der Waals surface area contributed by atoms with Gasteiger partial charge in [-0.25, -0.2) is 0 Å². The Bertz CT molecular complexity index is 686. The minimum absolute atomic E-state index is 0.199. The lowest BCUT2D eigenvalue weighted by Crippen LogP contribution is -2.49. The molecule has 0 spiro atoms. The second kappa shape index (κ2) is 4.79. The van der Waals surface area contributed by atoms with Crippen molar-refractivity contribution in [2.75, 3.05) is 5.73 Å². The number of pyridine rings is 1. The lowest BCUT2D eigenvalue weighted by Gasteiger charge is -2.55. The van der Waals surface area contributed by atoms with Crippen LogP contribution in [-0.4, -0.2) is 15.1 Å². The number of hydrogen-bond acceptors (Lipinski definition) is 5. The van der Waals surface area contributed by atoms with Crippen LogP contribution in [0.5, 0.6) is 0 Å². The Kier molecular flexibility index (Phi) is 2.82. The number of aromatic nitrogens is 3. The fraction of sp³-hybridized carbons (Fsp3) is 0.611. The quantitative estimate of drug-likeness (QED) is 0.942. The van der Waals surface area contributed by atoms with Crippen LogP contribution in [-0.2, 0) is 11.8 Å². The second-order valence-electron chi connectivity index (χ2n) is 7.97. The molecule has 2 N–H and O–H groups in total. The first-order valence-corrected chi connectivity index (χ1v) is 8.72. The van der Waals surface area contributed by atoms with E-state index in [0.29, 0.717) is 18.0 Å². The summed E-state index contributed by atoms with van der Waals surface area (Å²) >= 11 is 0. The van der Waals surface area contributed by atoms with Crippen LogP contribution >= 0.6 is 0 Å². The molecule has 0 aliphatic heterocycles. The summed E-state index contributed by atoms with van der Waals surface area (Å²) in [6.45, 7) is 0. The highest BCUT2D eigenvalue weighted by Gasteiger charge is 2.53. The van der Waals surface area contributed by atoms with E-state index < -0.39 is 0 Å². The second-order valence-corrected chi connectivity index (χ2v) is 7.97. The summed E-state index contributed by atoms with van der Waals surface area (Å²) in [7, 11) is 0. The van der Waals surface area contributed by atoms with E-state index in [1.807, 2.05) is 12.1 Å². The number of rotatable bonds is 3. The molecule has 0 unspecified atom stereocenters. The molecule has 2 aromatic heterocycles. The molecule has 120 valence electrons. The highest BCUT2D eigenvalue weighted by Crippen LogP contribution is 2.60. The zero-order chi connectivity index (χ0) is 15.4. The average molecular weight is 310 g/mol.